The molecule has 0 fully saturated rings. The summed E-state index contributed by atoms with van der Waals surface area (Å²) in [7, 11) is 0. The number of benzene rings is 1. The molecule has 0 spiro atoms. The van der Waals surface area contributed by atoms with E-state index in [4.69, 9.17) is 4.74 Å². The minimum absolute atomic E-state index is 0.160. The number of fused-ring (bicyclic) bond motifs is 1. The van der Waals surface area contributed by atoms with Crippen LogP contribution in [0, 0.1) is 5.82 Å². The van der Waals surface area contributed by atoms with Crippen molar-refractivity contribution < 1.29 is 9.13 Å². The molecule has 1 aliphatic rings. The van der Waals surface area contributed by atoms with Crippen LogP contribution in [0.5, 0.6) is 5.75 Å². The highest BCUT2D eigenvalue weighted by Crippen LogP contribution is 2.37. The van der Waals surface area contributed by atoms with Gasteiger partial charge in [0.1, 0.15) is 11.4 Å². The third kappa shape index (κ3) is 2.56. The summed E-state index contributed by atoms with van der Waals surface area (Å²) in [6.07, 6.45) is 6.70. The van der Waals surface area contributed by atoms with Gasteiger partial charge in [-0.25, -0.2) is 19.0 Å². The Hall–Kier alpha value is -2.76. The van der Waals surface area contributed by atoms with Crippen molar-refractivity contribution in [3.63, 3.8) is 0 Å². The van der Waals surface area contributed by atoms with Crippen molar-refractivity contribution in [2.75, 3.05) is 0 Å². The van der Waals surface area contributed by atoms with Crippen LogP contribution in [0.15, 0.2) is 43.0 Å². The summed E-state index contributed by atoms with van der Waals surface area (Å²) in [5, 5.41) is 4.25. The van der Waals surface area contributed by atoms with E-state index >= 15 is 0 Å². The third-order valence-corrected chi connectivity index (χ3v) is 3.79. The second-order valence-corrected chi connectivity index (χ2v) is 6.24. The van der Waals surface area contributed by atoms with Crippen LogP contribution in [0.25, 0.3) is 17.1 Å². The van der Waals surface area contributed by atoms with Crippen molar-refractivity contribution in [3.05, 3.63) is 54.4 Å². The standard InChI is InChI=1S/C17H15FN4O/c1-17(2)6-12-5-11(3-4-15(12)23-17)13-7-21-22(10-13)16-19-8-14(18)9-20-16/h3-5,7-10H,6H2,1-2H3. The largest absolute Gasteiger partial charge is 0.487 e. The van der Waals surface area contributed by atoms with Crippen molar-refractivity contribution in [1.82, 2.24) is 19.7 Å². The lowest BCUT2D eigenvalue weighted by Crippen LogP contribution is -2.24. The lowest BCUT2D eigenvalue weighted by Gasteiger charge is -2.16. The molecule has 0 bridgehead atoms. The molecule has 6 heteroatoms. The van der Waals surface area contributed by atoms with Gasteiger partial charge in [0.25, 0.3) is 5.95 Å². The summed E-state index contributed by atoms with van der Waals surface area (Å²) in [6.45, 7) is 4.16. The fourth-order valence-electron chi connectivity index (χ4n) is 2.79. The number of nitrogens with zero attached hydrogens (tertiary/aromatic N) is 4. The van der Waals surface area contributed by atoms with Gasteiger partial charge in [-0.3, -0.25) is 0 Å². The predicted octanol–water partition coefficient (Wildman–Crippen LogP) is 3.18. The minimum Gasteiger partial charge on any atom is -0.487 e. The zero-order valence-corrected chi connectivity index (χ0v) is 12.8. The first kappa shape index (κ1) is 13.9. The van der Waals surface area contributed by atoms with Crippen LogP contribution in [0.4, 0.5) is 4.39 Å². The van der Waals surface area contributed by atoms with Crippen LogP contribution in [0.2, 0.25) is 0 Å². The van der Waals surface area contributed by atoms with E-state index in [1.807, 2.05) is 18.3 Å². The van der Waals surface area contributed by atoms with Gasteiger partial charge in [0, 0.05) is 18.2 Å². The van der Waals surface area contributed by atoms with Gasteiger partial charge in [-0.05, 0) is 37.1 Å². The van der Waals surface area contributed by atoms with Crippen LogP contribution in [-0.2, 0) is 6.42 Å². The molecule has 0 aliphatic carbocycles. The molecule has 3 aromatic rings. The SMILES string of the molecule is CC1(C)Cc2cc(-c3cnn(-c4ncc(F)cn4)c3)ccc2O1. The Morgan fingerprint density at radius 3 is 2.70 bits per heavy atom. The average molecular weight is 310 g/mol. The highest BCUT2D eigenvalue weighted by Gasteiger charge is 2.30. The Bertz CT molecular complexity index is 871. The molecule has 5 nitrogen and oxygen atoms in total. The third-order valence-electron chi connectivity index (χ3n) is 3.79. The van der Waals surface area contributed by atoms with Gasteiger partial charge in [-0.15, -0.1) is 0 Å². The summed E-state index contributed by atoms with van der Waals surface area (Å²) < 4.78 is 20.3. The van der Waals surface area contributed by atoms with E-state index in [9.17, 15) is 4.39 Å². The molecule has 2 aromatic heterocycles. The normalized spacial score (nSPS) is 15.3. The van der Waals surface area contributed by atoms with Crippen LogP contribution in [0.3, 0.4) is 0 Å². The van der Waals surface area contributed by atoms with Gasteiger partial charge in [0.2, 0.25) is 0 Å². The van der Waals surface area contributed by atoms with E-state index in [2.05, 4.69) is 35.0 Å². The molecular weight excluding hydrogens is 295 g/mol. The number of hydrogen-bond acceptors (Lipinski definition) is 4. The molecule has 116 valence electrons. The molecule has 0 radical (unpaired) electrons. The molecule has 4 rings (SSSR count). The summed E-state index contributed by atoms with van der Waals surface area (Å²) in [5.41, 5.74) is 3.04. The molecule has 0 N–H and O–H groups in total. The van der Waals surface area contributed by atoms with Gasteiger partial charge >= 0.3 is 0 Å². The summed E-state index contributed by atoms with van der Waals surface area (Å²) >= 11 is 0. The summed E-state index contributed by atoms with van der Waals surface area (Å²) in [4.78, 5) is 7.85. The summed E-state index contributed by atoms with van der Waals surface area (Å²) in [6, 6.07) is 6.12. The van der Waals surface area contributed by atoms with Crippen molar-refractivity contribution in [2.24, 2.45) is 0 Å². The Morgan fingerprint density at radius 1 is 1.13 bits per heavy atom. The van der Waals surface area contributed by atoms with Gasteiger partial charge in [0.15, 0.2) is 5.82 Å². The second-order valence-electron chi connectivity index (χ2n) is 6.24. The molecular formula is C17H15FN4O. The van der Waals surface area contributed by atoms with E-state index in [-0.39, 0.29) is 5.60 Å². The van der Waals surface area contributed by atoms with E-state index in [0.717, 1.165) is 35.7 Å². The molecule has 23 heavy (non-hydrogen) atoms. The first-order valence-electron chi connectivity index (χ1n) is 7.35. The molecule has 3 heterocycles. The van der Waals surface area contributed by atoms with Crippen LogP contribution in [0.1, 0.15) is 19.4 Å². The van der Waals surface area contributed by atoms with E-state index in [0.29, 0.717) is 5.95 Å². The van der Waals surface area contributed by atoms with Crippen molar-refractivity contribution in [2.45, 2.75) is 25.9 Å². The van der Waals surface area contributed by atoms with Gasteiger partial charge in [0.05, 0.1) is 18.6 Å². The molecule has 1 aromatic carbocycles. The van der Waals surface area contributed by atoms with Crippen molar-refractivity contribution in [1.29, 1.82) is 0 Å². The average Bonchev–Trinajstić information content (AvgIpc) is 3.09. The first-order valence-corrected chi connectivity index (χ1v) is 7.35. The van der Waals surface area contributed by atoms with Crippen molar-refractivity contribution >= 4 is 0 Å². The quantitative estimate of drug-likeness (QED) is 0.729. The molecule has 0 atom stereocenters. The minimum atomic E-state index is -0.470. The Balaban J connectivity index is 1.67. The topological polar surface area (TPSA) is 52.8 Å². The van der Waals surface area contributed by atoms with E-state index in [1.54, 1.807) is 6.20 Å². The van der Waals surface area contributed by atoms with Gasteiger partial charge in [-0.2, -0.15) is 5.10 Å². The zero-order chi connectivity index (χ0) is 16.0. The van der Waals surface area contributed by atoms with Crippen LogP contribution < -0.4 is 4.74 Å². The fourth-order valence-corrected chi connectivity index (χ4v) is 2.79. The number of ether oxygens (including phenoxy) is 1. The molecule has 0 saturated heterocycles. The highest BCUT2D eigenvalue weighted by molar-refractivity contribution is 5.65. The number of hydrogen-bond donors (Lipinski definition) is 0. The fraction of sp³-hybridized carbons (Fsp3) is 0.235. The maximum atomic E-state index is 12.9. The summed E-state index contributed by atoms with van der Waals surface area (Å²) in [5.74, 6) is 0.804. The molecule has 0 amide bonds. The van der Waals surface area contributed by atoms with E-state index < -0.39 is 5.82 Å². The Morgan fingerprint density at radius 2 is 1.91 bits per heavy atom. The smallest absolute Gasteiger partial charge is 0.250 e. The maximum Gasteiger partial charge on any atom is 0.250 e. The second kappa shape index (κ2) is 4.87. The number of aromatic nitrogens is 4. The zero-order valence-electron chi connectivity index (χ0n) is 12.8. The van der Waals surface area contributed by atoms with Crippen LogP contribution in [-0.4, -0.2) is 25.3 Å². The Labute approximate surface area is 132 Å². The maximum absolute atomic E-state index is 12.9. The van der Waals surface area contributed by atoms with Gasteiger partial charge in [-0.1, -0.05) is 6.07 Å². The van der Waals surface area contributed by atoms with Crippen molar-refractivity contribution in [3.8, 4) is 22.8 Å². The predicted molar refractivity (Wildman–Crippen MR) is 83.0 cm³/mol. The highest BCUT2D eigenvalue weighted by atomic mass is 19.1. The van der Waals surface area contributed by atoms with Crippen LogP contribution >= 0.6 is 0 Å². The van der Waals surface area contributed by atoms with Gasteiger partial charge < -0.3 is 4.74 Å². The first-order chi connectivity index (χ1) is 11.0. The number of halogens is 1. The lowest BCUT2D eigenvalue weighted by atomic mass is 9.99. The monoisotopic (exact) mass is 310 g/mol. The lowest BCUT2D eigenvalue weighted by molar-refractivity contribution is 0.138. The molecule has 0 unspecified atom stereocenters. The van der Waals surface area contributed by atoms with E-state index in [1.165, 1.54) is 10.2 Å². The Kier molecular flexibility index (Phi) is 2.94. The molecule has 0 saturated carbocycles. The molecule has 1 aliphatic heterocycles. The number of rotatable bonds is 2.